The minimum atomic E-state index is -0.165. The van der Waals surface area contributed by atoms with E-state index in [1.807, 2.05) is 17.0 Å². The van der Waals surface area contributed by atoms with Crippen LogP contribution >= 0.6 is 15.9 Å². The predicted octanol–water partition coefficient (Wildman–Crippen LogP) is 6.01. The van der Waals surface area contributed by atoms with Gasteiger partial charge in [0.15, 0.2) is 0 Å². The normalized spacial score (nSPS) is 23.0. The topological polar surface area (TPSA) is 41.9 Å². The van der Waals surface area contributed by atoms with Crippen LogP contribution in [0, 0.1) is 24.7 Å². The van der Waals surface area contributed by atoms with Gasteiger partial charge in [-0.3, -0.25) is 9.79 Å². The van der Waals surface area contributed by atoms with Crippen LogP contribution < -0.4 is 4.90 Å². The second-order valence-corrected chi connectivity index (χ2v) is 9.28. The molecule has 1 aliphatic carbocycles. The second-order valence-electron chi connectivity index (χ2n) is 8.36. The highest BCUT2D eigenvalue weighted by atomic mass is 79.9. The first-order chi connectivity index (χ1) is 13.3. The van der Waals surface area contributed by atoms with Crippen LogP contribution in [0.4, 0.5) is 5.69 Å². The van der Waals surface area contributed by atoms with Gasteiger partial charge in [0.05, 0.1) is 0 Å². The summed E-state index contributed by atoms with van der Waals surface area (Å²) >= 11 is 3.52. The van der Waals surface area contributed by atoms with Crippen molar-refractivity contribution in [3.63, 3.8) is 0 Å². The molecular weight excluding hydrogens is 416 g/mol. The first-order valence-corrected chi connectivity index (χ1v) is 11.2. The van der Waals surface area contributed by atoms with Gasteiger partial charge in [0.2, 0.25) is 0 Å². The molecule has 4 nitrogen and oxygen atoms in total. The van der Waals surface area contributed by atoms with Crippen molar-refractivity contribution in [2.75, 3.05) is 18.5 Å². The number of carbonyl (C=O) groups is 1. The minimum absolute atomic E-state index is 0.0211. The Kier molecular flexibility index (Phi) is 8.54. The molecule has 0 unspecified atom stereocenters. The number of carbonyl (C=O) groups excluding carboxylic acids is 1. The number of esters is 1. The third-order valence-electron chi connectivity index (χ3n) is 5.87. The van der Waals surface area contributed by atoms with Crippen LogP contribution in [0.2, 0.25) is 0 Å². The summed E-state index contributed by atoms with van der Waals surface area (Å²) in [5, 5.41) is 0. The Hall–Kier alpha value is -1.36. The highest BCUT2D eigenvalue weighted by Gasteiger charge is 2.34. The van der Waals surface area contributed by atoms with Crippen LogP contribution in [0.3, 0.4) is 0 Å². The van der Waals surface area contributed by atoms with Gasteiger partial charge in [-0.2, -0.15) is 0 Å². The van der Waals surface area contributed by atoms with Gasteiger partial charge >= 0.3 is 5.97 Å². The Labute approximate surface area is 178 Å². The molecule has 2 rings (SSSR count). The molecule has 1 aromatic carbocycles. The molecule has 0 spiro atoms. The van der Waals surface area contributed by atoms with Gasteiger partial charge < -0.3 is 9.64 Å². The number of amidine groups is 1. The van der Waals surface area contributed by atoms with Crippen LogP contribution in [0.15, 0.2) is 27.7 Å². The van der Waals surface area contributed by atoms with E-state index >= 15 is 0 Å². The summed E-state index contributed by atoms with van der Waals surface area (Å²) in [5.74, 6) is 2.31. The summed E-state index contributed by atoms with van der Waals surface area (Å²) < 4.78 is 7.07. The van der Waals surface area contributed by atoms with E-state index < -0.39 is 0 Å². The van der Waals surface area contributed by atoms with Gasteiger partial charge in [-0.15, -0.1) is 0 Å². The Morgan fingerprint density at radius 2 is 2.07 bits per heavy atom. The maximum Gasteiger partial charge on any atom is 0.326 e. The fourth-order valence-corrected chi connectivity index (χ4v) is 4.77. The molecule has 5 heteroatoms. The zero-order chi connectivity index (χ0) is 20.8. The zero-order valence-electron chi connectivity index (χ0n) is 18.2. The van der Waals surface area contributed by atoms with E-state index in [-0.39, 0.29) is 18.6 Å². The Balaban J connectivity index is 2.20. The molecule has 1 aromatic rings. The molecule has 156 valence electrons. The Morgan fingerprint density at radius 1 is 1.36 bits per heavy atom. The summed E-state index contributed by atoms with van der Waals surface area (Å²) in [6, 6.07) is 6.10. The molecule has 0 saturated heterocycles. The lowest BCUT2D eigenvalue weighted by Gasteiger charge is -2.37. The third kappa shape index (κ3) is 5.82. The van der Waals surface area contributed by atoms with Crippen LogP contribution in [-0.2, 0) is 9.53 Å². The van der Waals surface area contributed by atoms with E-state index in [9.17, 15) is 4.79 Å². The summed E-state index contributed by atoms with van der Waals surface area (Å²) in [6.07, 6.45) is 4.11. The number of aliphatic imine (C=N–C) groups is 1. The maximum absolute atomic E-state index is 13.0. The summed E-state index contributed by atoms with van der Waals surface area (Å²) in [5.41, 5.74) is 2.10. The number of nitrogens with zero attached hydrogens (tertiary/aromatic N) is 2. The average molecular weight is 451 g/mol. The number of rotatable bonds is 6. The number of benzene rings is 1. The van der Waals surface area contributed by atoms with Crippen molar-refractivity contribution in [2.24, 2.45) is 22.7 Å². The fraction of sp³-hybridized carbons (Fsp3) is 0.652. The predicted molar refractivity (Wildman–Crippen MR) is 121 cm³/mol. The third-order valence-corrected chi connectivity index (χ3v) is 6.36. The van der Waals surface area contributed by atoms with Gasteiger partial charge in [0, 0.05) is 23.6 Å². The molecule has 3 atom stereocenters. The lowest BCUT2D eigenvalue weighted by Crippen LogP contribution is -2.41. The standard InChI is InChI=1S/C23H35BrN2O2/c1-7-22(25-6)26(20-11-9-18(24)13-17(20)5)14-23(27)28-21-12-16(4)8-10-19(21)15(2)3/h9,11,13,15-16,19,21H,7-8,10,12,14H2,1-6H3/t16-,19+,21-/m1/s1. The van der Waals surface area contributed by atoms with Crippen molar-refractivity contribution >= 4 is 33.4 Å². The molecule has 0 N–H and O–H groups in total. The fourth-order valence-electron chi connectivity index (χ4n) is 4.29. The van der Waals surface area contributed by atoms with Crippen molar-refractivity contribution in [1.29, 1.82) is 0 Å². The minimum Gasteiger partial charge on any atom is -0.461 e. The lowest BCUT2D eigenvalue weighted by molar-refractivity contribution is -0.154. The number of aryl methyl sites for hydroxylation is 1. The summed E-state index contributed by atoms with van der Waals surface area (Å²) in [7, 11) is 1.78. The van der Waals surface area contributed by atoms with Crippen molar-refractivity contribution < 1.29 is 9.53 Å². The molecule has 1 aliphatic rings. The van der Waals surface area contributed by atoms with E-state index in [4.69, 9.17) is 4.74 Å². The average Bonchev–Trinajstić information content (AvgIpc) is 2.61. The van der Waals surface area contributed by atoms with Crippen LogP contribution in [-0.4, -0.2) is 31.5 Å². The van der Waals surface area contributed by atoms with Crippen molar-refractivity contribution in [1.82, 2.24) is 0 Å². The Morgan fingerprint density at radius 3 is 2.64 bits per heavy atom. The van der Waals surface area contributed by atoms with E-state index in [2.05, 4.69) is 61.6 Å². The van der Waals surface area contributed by atoms with E-state index in [0.29, 0.717) is 17.8 Å². The van der Waals surface area contributed by atoms with Gasteiger partial charge in [0.25, 0.3) is 0 Å². The smallest absolute Gasteiger partial charge is 0.326 e. The van der Waals surface area contributed by atoms with Crippen molar-refractivity contribution in [3.8, 4) is 0 Å². The molecule has 1 fully saturated rings. The number of ether oxygens (including phenoxy) is 1. The van der Waals surface area contributed by atoms with Gasteiger partial charge in [0.1, 0.15) is 18.5 Å². The van der Waals surface area contributed by atoms with Crippen LogP contribution in [0.1, 0.15) is 58.9 Å². The van der Waals surface area contributed by atoms with Crippen molar-refractivity contribution in [3.05, 3.63) is 28.2 Å². The van der Waals surface area contributed by atoms with Crippen LogP contribution in [0.5, 0.6) is 0 Å². The van der Waals surface area contributed by atoms with Crippen molar-refractivity contribution in [2.45, 2.75) is 66.4 Å². The molecule has 28 heavy (non-hydrogen) atoms. The van der Waals surface area contributed by atoms with E-state index in [1.165, 1.54) is 6.42 Å². The number of anilines is 1. The zero-order valence-corrected chi connectivity index (χ0v) is 19.8. The number of hydrogen-bond acceptors (Lipinski definition) is 3. The largest absolute Gasteiger partial charge is 0.461 e. The van der Waals surface area contributed by atoms with E-state index in [1.54, 1.807) is 7.05 Å². The van der Waals surface area contributed by atoms with Crippen LogP contribution in [0.25, 0.3) is 0 Å². The second kappa shape index (κ2) is 10.4. The van der Waals surface area contributed by atoms with Gasteiger partial charge in [-0.25, -0.2) is 0 Å². The van der Waals surface area contributed by atoms with Gasteiger partial charge in [-0.1, -0.05) is 50.0 Å². The molecule has 0 amide bonds. The highest BCUT2D eigenvalue weighted by Crippen LogP contribution is 2.35. The number of hydrogen-bond donors (Lipinski definition) is 0. The number of halogens is 1. The molecular formula is C23H35BrN2O2. The maximum atomic E-state index is 13.0. The monoisotopic (exact) mass is 450 g/mol. The first-order valence-electron chi connectivity index (χ1n) is 10.5. The molecule has 0 radical (unpaired) electrons. The highest BCUT2D eigenvalue weighted by molar-refractivity contribution is 9.10. The Bertz CT molecular complexity index is 702. The SMILES string of the molecule is CCC(=NC)N(CC(=O)O[C@@H]1C[C@H](C)CC[C@H]1C(C)C)c1ccc(Br)cc1C. The summed E-state index contributed by atoms with van der Waals surface area (Å²) in [6.45, 7) is 11.0. The van der Waals surface area contributed by atoms with Gasteiger partial charge in [-0.05, 0) is 61.3 Å². The molecule has 0 bridgehead atoms. The molecule has 0 aliphatic heterocycles. The molecule has 0 aromatic heterocycles. The quantitative estimate of drug-likeness (QED) is 0.302. The first kappa shape index (κ1) is 22.9. The lowest BCUT2D eigenvalue weighted by atomic mass is 9.75. The van der Waals surface area contributed by atoms with E-state index in [0.717, 1.165) is 40.8 Å². The molecule has 1 saturated carbocycles. The summed E-state index contributed by atoms with van der Waals surface area (Å²) in [4.78, 5) is 19.4. The molecule has 0 heterocycles.